The zero-order valence-electron chi connectivity index (χ0n) is 11.2. The first-order valence-electron chi connectivity index (χ1n) is 6.33. The maximum Gasteiger partial charge on any atom is 0.171 e. The fraction of sp³-hybridized carbons (Fsp3) is 0.250. The van der Waals surface area contributed by atoms with Crippen LogP contribution in [0.25, 0.3) is 0 Å². The molecule has 1 aromatic heterocycles. The van der Waals surface area contributed by atoms with E-state index < -0.39 is 0 Å². The Balaban J connectivity index is 2.16. The monoisotopic (exact) mass is 255 g/mol. The number of pyridine rings is 1. The second kappa shape index (κ2) is 6.14. The molecule has 0 amide bonds. The maximum atomic E-state index is 12.2. The Morgan fingerprint density at radius 3 is 2.47 bits per heavy atom. The van der Waals surface area contributed by atoms with Gasteiger partial charge in [0.15, 0.2) is 5.78 Å². The number of carbonyl (C=O) groups is 1. The van der Waals surface area contributed by atoms with E-state index in [2.05, 4.69) is 24.0 Å². The van der Waals surface area contributed by atoms with Crippen LogP contribution in [0.5, 0.6) is 5.75 Å². The summed E-state index contributed by atoms with van der Waals surface area (Å²) in [6.45, 7) is 2.11. The lowest BCUT2D eigenvalue weighted by Crippen LogP contribution is -2.06. The van der Waals surface area contributed by atoms with Gasteiger partial charge in [-0.3, -0.25) is 9.78 Å². The number of ether oxygens (including phenoxy) is 1. The van der Waals surface area contributed by atoms with E-state index in [9.17, 15) is 4.79 Å². The Morgan fingerprint density at radius 2 is 1.84 bits per heavy atom. The van der Waals surface area contributed by atoms with Gasteiger partial charge in [-0.2, -0.15) is 0 Å². The molecule has 0 unspecified atom stereocenters. The molecule has 2 rings (SSSR count). The van der Waals surface area contributed by atoms with Gasteiger partial charge in [-0.15, -0.1) is 0 Å². The third-order valence-electron chi connectivity index (χ3n) is 3.10. The van der Waals surface area contributed by atoms with Crippen molar-refractivity contribution in [2.45, 2.75) is 19.8 Å². The number of aryl methyl sites for hydroxylation is 1. The molecule has 0 N–H and O–H groups in total. The van der Waals surface area contributed by atoms with Gasteiger partial charge in [-0.25, -0.2) is 0 Å². The quantitative estimate of drug-likeness (QED) is 0.771. The number of methoxy groups -OCH3 is 1. The molecule has 0 saturated heterocycles. The fourth-order valence-corrected chi connectivity index (χ4v) is 1.95. The highest BCUT2D eigenvalue weighted by atomic mass is 16.5. The van der Waals surface area contributed by atoms with Crippen molar-refractivity contribution in [2.75, 3.05) is 7.11 Å². The van der Waals surface area contributed by atoms with E-state index in [0.717, 1.165) is 12.0 Å². The van der Waals surface area contributed by atoms with Gasteiger partial charge in [0, 0.05) is 12.6 Å². The van der Waals surface area contributed by atoms with Crippen molar-refractivity contribution in [3.8, 4) is 5.75 Å². The molecular formula is C16H17NO2. The van der Waals surface area contributed by atoms with Gasteiger partial charge in [0.2, 0.25) is 0 Å². The molecule has 0 fully saturated rings. The molecule has 0 atom stereocenters. The smallest absolute Gasteiger partial charge is 0.171 e. The fourth-order valence-electron chi connectivity index (χ4n) is 1.95. The van der Waals surface area contributed by atoms with Gasteiger partial charge >= 0.3 is 0 Å². The number of aromatic nitrogens is 1. The summed E-state index contributed by atoms with van der Waals surface area (Å²) in [4.78, 5) is 16.2. The molecular weight excluding hydrogens is 238 g/mol. The van der Waals surface area contributed by atoms with Crippen LogP contribution < -0.4 is 4.74 Å². The van der Waals surface area contributed by atoms with Crippen molar-refractivity contribution >= 4 is 5.78 Å². The number of nitrogens with zero attached hydrogens (tertiary/aromatic N) is 1. The first kappa shape index (κ1) is 13.3. The van der Waals surface area contributed by atoms with Crippen LogP contribution in [0.2, 0.25) is 0 Å². The van der Waals surface area contributed by atoms with E-state index >= 15 is 0 Å². The molecule has 98 valence electrons. The van der Waals surface area contributed by atoms with Gasteiger partial charge in [-0.1, -0.05) is 31.2 Å². The van der Waals surface area contributed by atoms with Gasteiger partial charge < -0.3 is 4.74 Å². The molecule has 3 heteroatoms. The molecule has 0 radical (unpaired) electrons. The Bertz CT molecular complexity index is 561. The predicted octanol–water partition coefficient (Wildman–Crippen LogP) is 3.08. The summed E-state index contributed by atoms with van der Waals surface area (Å²) in [6.07, 6.45) is 4.56. The zero-order valence-corrected chi connectivity index (χ0v) is 11.2. The number of ketones is 1. The van der Waals surface area contributed by atoms with Gasteiger partial charge in [0.05, 0.1) is 18.9 Å². The molecule has 0 aliphatic carbocycles. The van der Waals surface area contributed by atoms with Crippen LogP contribution in [-0.2, 0) is 12.8 Å². The number of Topliss-reactive ketones (excluding diaryl/α,β-unsaturated/α-hetero) is 1. The first-order valence-corrected chi connectivity index (χ1v) is 6.33. The van der Waals surface area contributed by atoms with Gasteiger partial charge in [0.25, 0.3) is 0 Å². The second-order valence-electron chi connectivity index (χ2n) is 4.35. The molecule has 2 aromatic rings. The highest BCUT2D eigenvalue weighted by molar-refractivity contribution is 5.99. The summed E-state index contributed by atoms with van der Waals surface area (Å²) in [5.41, 5.74) is 2.87. The lowest BCUT2D eigenvalue weighted by atomic mass is 10.0. The van der Waals surface area contributed by atoms with E-state index in [4.69, 9.17) is 4.74 Å². The summed E-state index contributed by atoms with van der Waals surface area (Å²) in [7, 11) is 1.55. The van der Waals surface area contributed by atoms with Crippen molar-refractivity contribution < 1.29 is 9.53 Å². The third kappa shape index (κ3) is 3.19. The second-order valence-corrected chi connectivity index (χ2v) is 4.35. The van der Waals surface area contributed by atoms with Crippen LogP contribution in [0, 0.1) is 0 Å². The molecule has 3 nitrogen and oxygen atoms in total. The average molecular weight is 255 g/mol. The summed E-state index contributed by atoms with van der Waals surface area (Å²) in [6, 6.07) is 9.83. The number of benzene rings is 1. The molecule has 1 aromatic carbocycles. The van der Waals surface area contributed by atoms with Crippen LogP contribution in [0.1, 0.15) is 28.4 Å². The summed E-state index contributed by atoms with van der Waals surface area (Å²) in [5, 5.41) is 0. The van der Waals surface area contributed by atoms with Gasteiger partial charge in [0.1, 0.15) is 5.75 Å². The zero-order chi connectivity index (χ0) is 13.7. The summed E-state index contributed by atoms with van der Waals surface area (Å²) < 4.78 is 5.16. The van der Waals surface area contributed by atoms with E-state index in [0.29, 0.717) is 17.7 Å². The van der Waals surface area contributed by atoms with Crippen LogP contribution in [-0.4, -0.2) is 17.9 Å². The molecule has 19 heavy (non-hydrogen) atoms. The number of hydrogen-bond acceptors (Lipinski definition) is 3. The molecule has 0 spiro atoms. The Labute approximate surface area is 113 Å². The van der Waals surface area contributed by atoms with Crippen molar-refractivity contribution in [3.05, 3.63) is 59.4 Å². The topological polar surface area (TPSA) is 39.2 Å². The van der Waals surface area contributed by atoms with E-state index in [1.807, 2.05) is 12.1 Å². The standard InChI is InChI=1S/C16H17NO2/c1-3-12-4-6-13(7-5-12)10-15(18)14-8-9-17-11-16(14)19-2/h4-9,11H,3,10H2,1-2H3. The third-order valence-corrected chi connectivity index (χ3v) is 3.10. The SMILES string of the molecule is CCc1ccc(CC(=O)c2ccncc2OC)cc1. The van der Waals surface area contributed by atoms with E-state index in [1.165, 1.54) is 5.56 Å². The minimum Gasteiger partial charge on any atom is -0.494 e. The number of carbonyl (C=O) groups excluding carboxylic acids is 1. The van der Waals surface area contributed by atoms with E-state index in [-0.39, 0.29) is 5.78 Å². The van der Waals surface area contributed by atoms with Crippen LogP contribution in [0.3, 0.4) is 0 Å². The molecule has 0 aliphatic heterocycles. The molecule has 1 heterocycles. The number of hydrogen-bond donors (Lipinski definition) is 0. The van der Waals surface area contributed by atoms with Crippen LogP contribution in [0.4, 0.5) is 0 Å². The lowest BCUT2D eigenvalue weighted by molar-refractivity contribution is 0.0990. The highest BCUT2D eigenvalue weighted by Gasteiger charge is 2.12. The first-order chi connectivity index (χ1) is 9.24. The van der Waals surface area contributed by atoms with Crippen molar-refractivity contribution in [1.82, 2.24) is 4.98 Å². The van der Waals surface area contributed by atoms with Crippen LogP contribution >= 0.6 is 0 Å². The van der Waals surface area contributed by atoms with Crippen molar-refractivity contribution in [3.63, 3.8) is 0 Å². The van der Waals surface area contributed by atoms with Gasteiger partial charge in [-0.05, 0) is 23.6 Å². The maximum absolute atomic E-state index is 12.2. The minimum absolute atomic E-state index is 0.0449. The Hall–Kier alpha value is -2.16. The largest absolute Gasteiger partial charge is 0.494 e. The normalized spacial score (nSPS) is 10.2. The highest BCUT2D eigenvalue weighted by Crippen LogP contribution is 2.18. The van der Waals surface area contributed by atoms with Crippen LogP contribution in [0.15, 0.2) is 42.7 Å². The molecule has 0 saturated carbocycles. The predicted molar refractivity (Wildman–Crippen MR) is 74.6 cm³/mol. The molecule has 0 aliphatic rings. The van der Waals surface area contributed by atoms with Crippen molar-refractivity contribution in [2.24, 2.45) is 0 Å². The summed E-state index contributed by atoms with van der Waals surface area (Å²) >= 11 is 0. The Morgan fingerprint density at radius 1 is 1.16 bits per heavy atom. The Kier molecular flexibility index (Phi) is 4.29. The molecule has 0 bridgehead atoms. The van der Waals surface area contributed by atoms with E-state index in [1.54, 1.807) is 25.6 Å². The summed E-state index contributed by atoms with van der Waals surface area (Å²) in [5.74, 6) is 0.571. The average Bonchev–Trinajstić information content (AvgIpc) is 2.48. The number of rotatable bonds is 5. The van der Waals surface area contributed by atoms with Crippen molar-refractivity contribution in [1.29, 1.82) is 0 Å². The lowest BCUT2D eigenvalue weighted by Gasteiger charge is -2.07. The minimum atomic E-state index is 0.0449.